The van der Waals surface area contributed by atoms with Crippen LogP contribution in [0.1, 0.15) is 6.92 Å². The Morgan fingerprint density at radius 1 is 1.04 bits per heavy atom. The van der Waals surface area contributed by atoms with Crippen LogP contribution in [0.4, 0.5) is 0 Å². The first-order valence-electron chi connectivity index (χ1n) is 7.10. The number of rotatable bonds is 3. The van der Waals surface area contributed by atoms with Crippen LogP contribution in [0.3, 0.4) is 0 Å². The predicted octanol–water partition coefficient (Wildman–Crippen LogP) is -5.08. The molecule has 11 nitrogen and oxygen atoms in total. The summed E-state index contributed by atoms with van der Waals surface area (Å²) in [7, 11) is 0. The Morgan fingerprint density at radius 2 is 1.65 bits per heavy atom. The minimum absolute atomic E-state index is 0.659. The first-order chi connectivity index (χ1) is 10.6. The molecule has 2 fully saturated rings. The average molecular weight is 341 g/mol. The molecule has 0 aliphatic carbocycles. The topological polar surface area (TPSA) is 195 Å². The van der Waals surface area contributed by atoms with Gasteiger partial charge in [-0.3, -0.25) is 5.73 Å². The highest BCUT2D eigenvalue weighted by Crippen LogP contribution is 2.30. The lowest BCUT2D eigenvalue weighted by Gasteiger charge is -2.47. The first kappa shape index (κ1) is 18.9. The fourth-order valence-corrected chi connectivity index (χ4v) is 2.56. The zero-order valence-corrected chi connectivity index (χ0v) is 12.3. The van der Waals surface area contributed by atoms with Crippen LogP contribution in [-0.2, 0) is 14.2 Å². The van der Waals surface area contributed by atoms with Gasteiger partial charge in [-0.25, -0.2) is 0 Å². The Kier molecular flexibility index (Phi) is 5.60. The van der Waals surface area contributed by atoms with Gasteiger partial charge in [0.05, 0.1) is 6.61 Å². The van der Waals surface area contributed by atoms with Gasteiger partial charge in [0.2, 0.25) is 0 Å². The lowest BCUT2D eigenvalue weighted by molar-refractivity contribution is -0.364. The van der Waals surface area contributed by atoms with Crippen LogP contribution < -0.4 is 5.73 Å². The fraction of sp³-hybridized carbons (Fsp3) is 1.00. The van der Waals surface area contributed by atoms with E-state index in [0.717, 1.165) is 0 Å². The molecule has 2 heterocycles. The zero-order valence-electron chi connectivity index (χ0n) is 12.3. The Balaban J connectivity index is 2.13. The molecule has 10 atom stereocenters. The summed E-state index contributed by atoms with van der Waals surface area (Å²) in [6, 6.07) is 0. The second-order valence-corrected chi connectivity index (χ2v) is 5.80. The average Bonchev–Trinajstić information content (AvgIpc) is 2.51. The van der Waals surface area contributed by atoms with Crippen molar-refractivity contribution in [2.24, 2.45) is 5.73 Å². The molecule has 0 bridgehead atoms. The second kappa shape index (κ2) is 6.82. The molecule has 0 aromatic heterocycles. The van der Waals surface area contributed by atoms with E-state index in [9.17, 15) is 35.7 Å². The molecule has 2 rings (SSSR count). The summed E-state index contributed by atoms with van der Waals surface area (Å²) < 4.78 is 15.4. The van der Waals surface area contributed by atoms with Crippen LogP contribution in [0.25, 0.3) is 0 Å². The fourth-order valence-electron chi connectivity index (χ4n) is 2.56. The van der Waals surface area contributed by atoms with Gasteiger partial charge in [0.25, 0.3) is 0 Å². The monoisotopic (exact) mass is 341 g/mol. The van der Waals surface area contributed by atoms with E-state index in [1.165, 1.54) is 6.92 Å². The maximum Gasteiger partial charge on any atom is 0.187 e. The van der Waals surface area contributed by atoms with Crippen LogP contribution in [0, 0.1) is 0 Å². The van der Waals surface area contributed by atoms with E-state index in [1.807, 2.05) is 0 Å². The maximum atomic E-state index is 9.96. The molecule has 11 heteroatoms. The Labute approximate surface area is 131 Å². The highest BCUT2D eigenvalue weighted by atomic mass is 16.7. The molecular formula is C12H23NO10. The lowest BCUT2D eigenvalue weighted by atomic mass is 9.93. The van der Waals surface area contributed by atoms with E-state index in [-0.39, 0.29) is 0 Å². The number of aliphatic hydroxyl groups is 7. The number of ether oxygens (including phenoxy) is 3. The predicted molar refractivity (Wildman–Crippen MR) is 70.3 cm³/mol. The molecule has 0 amide bonds. The summed E-state index contributed by atoms with van der Waals surface area (Å²) in [4.78, 5) is 0. The Morgan fingerprint density at radius 3 is 2.22 bits per heavy atom. The summed E-state index contributed by atoms with van der Waals surface area (Å²) in [6.07, 6.45) is -13.9. The molecule has 9 N–H and O–H groups in total. The molecule has 2 aliphatic rings. The van der Waals surface area contributed by atoms with Crippen molar-refractivity contribution in [3.8, 4) is 0 Å². The van der Waals surface area contributed by atoms with Gasteiger partial charge < -0.3 is 50.0 Å². The molecule has 0 aromatic carbocycles. The molecule has 2 saturated heterocycles. The van der Waals surface area contributed by atoms with Crippen LogP contribution in [0.15, 0.2) is 0 Å². The molecule has 23 heavy (non-hydrogen) atoms. The van der Waals surface area contributed by atoms with Gasteiger partial charge in [0.1, 0.15) is 42.7 Å². The van der Waals surface area contributed by atoms with E-state index < -0.39 is 67.6 Å². The third kappa shape index (κ3) is 3.36. The maximum absolute atomic E-state index is 9.96. The molecule has 0 saturated carbocycles. The van der Waals surface area contributed by atoms with E-state index in [4.69, 9.17) is 19.9 Å². The van der Waals surface area contributed by atoms with Gasteiger partial charge in [-0.05, 0) is 6.92 Å². The van der Waals surface area contributed by atoms with Crippen molar-refractivity contribution in [3.63, 3.8) is 0 Å². The summed E-state index contributed by atoms with van der Waals surface area (Å²) in [5, 5.41) is 67.8. The summed E-state index contributed by atoms with van der Waals surface area (Å²) in [5.74, 6) is 0. The van der Waals surface area contributed by atoms with Crippen LogP contribution in [0.2, 0.25) is 0 Å². The van der Waals surface area contributed by atoms with Gasteiger partial charge in [0, 0.05) is 0 Å². The van der Waals surface area contributed by atoms with Crippen molar-refractivity contribution in [1.29, 1.82) is 0 Å². The van der Waals surface area contributed by atoms with Gasteiger partial charge in [-0.2, -0.15) is 0 Å². The third-order valence-electron chi connectivity index (χ3n) is 4.20. The lowest BCUT2D eigenvalue weighted by Crippen LogP contribution is -2.71. The van der Waals surface area contributed by atoms with Crippen molar-refractivity contribution < 1.29 is 50.0 Å². The van der Waals surface area contributed by atoms with Gasteiger partial charge in [0.15, 0.2) is 18.3 Å². The number of nitrogens with two attached hydrogens (primary N) is 1. The quantitative estimate of drug-likeness (QED) is 0.229. The highest BCUT2D eigenvalue weighted by Gasteiger charge is 2.53. The third-order valence-corrected chi connectivity index (χ3v) is 4.20. The highest BCUT2D eigenvalue weighted by molar-refractivity contribution is 4.97. The van der Waals surface area contributed by atoms with Crippen molar-refractivity contribution in [2.45, 2.75) is 68.0 Å². The van der Waals surface area contributed by atoms with E-state index in [2.05, 4.69) is 0 Å². The molecule has 0 radical (unpaired) electrons. The zero-order chi connectivity index (χ0) is 17.5. The van der Waals surface area contributed by atoms with Crippen molar-refractivity contribution in [2.75, 3.05) is 6.61 Å². The molecular weight excluding hydrogens is 318 g/mol. The van der Waals surface area contributed by atoms with Crippen molar-refractivity contribution in [3.05, 3.63) is 0 Å². The van der Waals surface area contributed by atoms with E-state index in [1.54, 1.807) is 0 Å². The smallest absolute Gasteiger partial charge is 0.187 e. The standard InChI is InChI=1S/C12H23NO10/c1-3-12(13,20)9(18)7(17)11(21-3)23-8-4(2-14)22-10(19)6(16)5(8)15/h3-11,14-20H,2,13H2,1H3/t3-,4-,5-,6-,7-,8-,9-,10-,11-,12-/m1/s1. The van der Waals surface area contributed by atoms with Crippen LogP contribution in [0.5, 0.6) is 0 Å². The summed E-state index contributed by atoms with van der Waals surface area (Å²) in [5.41, 5.74) is 3.23. The van der Waals surface area contributed by atoms with Crippen LogP contribution in [-0.4, -0.2) is 103 Å². The van der Waals surface area contributed by atoms with Gasteiger partial charge in [-0.1, -0.05) is 0 Å². The number of hydrogen-bond donors (Lipinski definition) is 8. The van der Waals surface area contributed by atoms with Crippen molar-refractivity contribution in [1.82, 2.24) is 0 Å². The SMILES string of the molecule is C[C@H]1O[C@H](O[C@H]2[C@H](O)[C@@H](O)[C@H](O)O[C@@H]2CO)[C@H](O)[C@@H](O)[C@]1(N)O. The first-order valence-corrected chi connectivity index (χ1v) is 7.10. The largest absolute Gasteiger partial charge is 0.394 e. The van der Waals surface area contributed by atoms with Gasteiger partial charge in [-0.15, -0.1) is 0 Å². The number of aliphatic hydroxyl groups excluding tert-OH is 6. The van der Waals surface area contributed by atoms with E-state index >= 15 is 0 Å². The second-order valence-electron chi connectivity index (χ2n) is 5.80. The number of hydrogen-bond acceptors (Lipinski definition) is 11. The molecule has 0 spiro atoms. The van der Waals surface area contributed by atoms with Gasteiger partial charge >= 0.3 is 0 Å². The Hall–Kier alpha value is -0.440. The van der Waals surface area contributed by atoms with Crippen LogP contribution >= 0.6 is 0 Å². The molecule has 0 aromatic rings. The molecule has 0 unspecified atom stereocenters. The molecule has 2 aliphatic heterocycles. The van der Waals surface area contributed by atoms with Crippen molar-refractivity contribution >= 4 is 0 Å². The minimum Gasteiger partial charge on any atom is -0.394 e. The van der Waals surface area contributed by atoms with E-state index in [0.29, 0.717) is 0 Å². The normalized spacial score (nSPS) is 54.9. The summed E-state index contributed by atoms with van der Waals surface area (Å²) in [6.45, 7) is 0.675. The summed E-state index contributed by atoms with van der Waals surface area (Å²) >= 11 is 0. The minimum atomic E-state index is -2.22. The molecule has 136 valence electrons. The Bertz CT molecular complexity index is 407.